The average Bonchev–Trinajstić information content (AvgIpc) is 2.26. The third kappa shape index (κ3) is 3.86. The largest absolute Gasteiger partial charge is 0.480 e. The number of carboxylic acids is 1. The number of hydrogen-bond donors (Lipinski definition) is 2. The van der Waals surface area contributed by atoms with E-state index in [2.05, 4.69) is 5.32 Å². The van der Waals surface area contributed by atoms with Crippen LogP contribution in [0.25, 0.3) is 0 Å². The van der Waals surface area contributed by atoms with E-state index in [1.807, 2.05) is 0 Å². The van der Waals surface area contributed by atoms with Crippen molar-refractivity contribution in [1.29, 1.82) is 0 Å². The molecule has 0 saturated heterocycles. The van der Waals surface area contributed by atoms with Crippen LogP contribution in [0.5, 0.6) is 0 Å². The molecule has 4 nitrogen and oxygen atoms in total. The van der Waals surface area contributed by atoms with Crippen molar-refractivity contribution in [3.05, 3.63) is 34.3 Å². The molecule has 0 radical (unpaired) electrons. The number of hydrogen-bond acceptors (Lipinski definition) is 2. The summed E-state index contributed by atoms with van der Waals surface area (Å²) in [6, 6.07) is 2.32. The number of carbonyl (C=O) groups is 2. The molecular formula is C12H11ClF3NO3. The fraction of sp³-hybridized carbons (Fsp3) is 0.333. The number of carbonyl (C=O) groups excluding carboxylic acids is 1. The topological polar surface area (TPSA) is 66.4 Å². The summed E-state index contributed by atoms with van der Waals surface area (Å²) in [5.74, 6) is -2.27. The van der Waals surface area contributed by atoms with Crippen LogP contribution >= 0.6 is 11.6 Å². The molecule has 1 aromatic rings. The molecule has 0 unspecified atom stereocenters. The number of benzene rings is 1. The van der Waals surface area contributed by atoms with Crippen LogP contribution in [0.2, 0.25) is 5.02 Å². The Morgan fingerprint density at radius 3 is 2.20 bits per heavy atom. The molecule has 1 aromatic carbocycles. The van der Waals surface area contributed by atoms with Crippen molar-refractivity contribution in [1.82, 2.24) is 5.32 Å². The Kier molecular flexibility index (Phi) is 4.33. The van der Waals surface area contributed by atoms with Crippen molar-refractivity contribution in [3.8, 4) is 0 Å². The predicted molar refractivity (Wildman–Crippen MR) is 65.6 cm³/mol. The van der Waals surface area contributed by atoms with Crippen molar-refractivity contribution >= 4 is 23.5 Å². The second kappa shape index (κ2) is 5.32. The number of amides is 1. The Hall–Kier alpha value is -1.76. The molecule has 1 rings (SSSR count). The summed E-state index contributed by atoms with van der Waals surface area (Å²) in [6.45, 7) is 2.42. The molecule has 2 N–H and O–H groups in total. The van der Waals surface area contributed by atoms with E-state index in [0.717, 1.165) is 6.07 Å². The third-order valence-electron chi connectivity index (χ3n) is 2.45. The van der Waals surface area contributed by atoms with Crippen molar-refractivity contribution in [3.63, 3.8) is 0 Å². The normalized spacial score (nSPS) is 12.1. The van der Waals surface area contributed by atoms with Gasteiger partial charge >= 0.3 is 12.1 Å². The smallest absolute Gasteiger partial charge is 0.416 e. The van der Waals surface area contributed by atoms with E-state index in [4.69, 9.17) is 16.7 Å². The fourth-order valence-corrected chi connectivity index (χ4v) is 1.53. The monoisotopic (exact) mass is 309 g/mol. The van der Waals surface area contributed by atoms with Gasteiger partial charge in [0.15, 0.2) is 0 Å². The summed E-state index contributed by atoms with van der Waals surface area (Å²) in [5.41, 5.74) is -3.06. The number of rotatable bonds is 3. The van der Waals surface area contributed by atoms with Gasteiger partial charge in [0.05, 0.1) is 5.56 Å². The van der Waals surface area contributed by atoms with E-state index in [1.54, 1.807) is 0 Å². The molecular weight excluding hydrogens is 299 g/mol. The second-order valence-electron chi connectivity index (χ2n) is 4.61. The molecule has 0 fully saturated rings. The van der Waals surface area contributed by atoms with Crippen LogP contribution in [-0.4, -0.2) is 22.5 Å². The van der Waals surface area contributed by atoms with Gasteiger partial charge in [-0.25, -0.2) is 4.79 Å². The minimum atomic E-state index is -4.65. The summed E-state index contributed by atoms with van der Waals surface area (Å²) in [6.07, 6.45) is -4.65. The summed E-state index contributed by atoms with van der Waals surface area (Å²) in [4.78, 5) is 22.7. The molecule has 0 aliphatic heterocycles. The summed E-state index contributed by atoms with van der Waals surface area (Å²) in [7, 11) is 0. The maximum absolute atomic E-state index is 12.6. The Balaban J connectivity index is 3.12. The van der Waals surface area contributed by atoms with Crippen molar-refractivity contribution < 1.29 is 27.9 Å². The maximum atomic E-state index is 12.6. The molecule has 0 aromatic heterocycles. The minimum absolute atomic E-state index is 0.266. The fourth-order valence-electron chi connectivity index (χ4n) is 1.29. The molecule has 1 amide bonds. The Morgan fingerprint density at radius 2 is 1.75 bits per heavy atom. The van der Waals surface area contributed by atoms with Gasteiger partial charge in [0.2, 0.25) is 0 Å². The van der Waals surface area contributed by atoms with E-state index >= 15 is 0 Å². The SMILES string of the molecule is CC(C)(NC(=O)c1cc(Cl)cc(C(F)(F)F)c1)C(=O)O. The van der Waals surface area contributed by atoms with Gasteiger partial charge in [-0.3, -0.25) is 4.79 Å². The molecule has 0 saturated carbocycles. The zero-order valence-corrected chi connectivity index (χ0v) is 11.3. The lowest BCUT2D eigenvalue weighted by atomic mass is 10.0. The lowest BCUT2D eigenvalue weighted by Crippen LogP contribution is -2.49. The molecule has 0 aliphatic rings. The molecule has 8 heteroatoms. The number of carboxylic acid groups (broad SMARTS) is 1. The van der Waals surface area contributed by atoms with E-state index in [-0.39, 0.29) is 10.6 Å². The average molecular weight is 310 g/mol. The first-order chi connectivity index (χ1) is 8.93. The first-order valence-electron chi connectivity index (χ1n) is 5.37. The highest BCUT2D eigenvalue weighted by Gasteiger charge is 2.33. The van der Waals surface area contributed by atoms with Crippen LogP contribution in [0.1, 0.15) is 29.8 Å². The predicted octanol–water partition coefficient (Wildman–Crippen LogP) is 2.95. The van der Waals surface area contributed by atoms with E-state index in [9.17, 15) is 22.8 Å². The third-order valence-corrected chi connectivity index (χ3v) is 2.67. The number of halogens is 4. The van der Waals surface area contributed by atoms with Crippen LogP contribution in [0.15, 0.2) is 18.2 Å². The molecule has 0 heterocycles. The van der Waals surface area contributed by atoms with Crippen molar-refractivity contribution in [2.24, 2.45) is 0 Å². The van der Waals surface area contributed by atoms with Crippen LogP contribution < -0.4 is 5.32 Å². The molecule has 110 valence electrons. The Bertz CT molecular complexity index is 555. The van der Waals surface area contributed by atoms with Gasteiger partial charge in [0.1, 0.15) is 5.54 Å². The summed E-state index contributed by atoms with van der Waals surface area (Å²) >= 11 is 5.54. The lowest BCUT2D eigenvalue weighted by molar-refractivity contribution is -0.143. The van der Waals surface area contributed by atoms with Gasteiger partial charge in [-0.15, -0.1) is 0 Å². The van der Waals surface area contributed by atoms with Crippen LogP contribution in [0.4, 0.5) is 13.2 Å². The van der Waals surface area contributed by atoms with Gasteiger partial charge in [0, 0.05) is 10.6 Å². The van der Waals surface area contributed by atoms with Gasteiger partial charge in [-0.05, 0) is 32.0 Å². The number of nitrogens with one attached hydrogen (secondary N) is 1. The highest BCUT2D eigenvalue weighted by Crippen LogP contribution is 2.32. The minimum Gasteiger partial charge on any atom is -0.480 e. The highest BCUT2D eigenvalue weighted by atomic mass is 35.5. The van der Waals surface area contributed by atoms with Crippen LogP contribution in [0.3, 0.4) is 0 Å². The number of aliphatic carboxylic acids is 1. The second-order valence-corrected chi connectivity index (χ2v) is 5.05. The van der Waals surface area contributed by atoms with E-state index < -0.39 is 29.2 Å². The molecule has 0 aliphatic carbocycles. The van der Waals surface area contributed by atoms with Gasteiger partial charge in [-0.2, -0.15) is 13.2 Å². The summed E-state index contributed by atoms with van der Waals surface area (Å²) < 4.78 is 37.8. The zero-order chi connectivity index (χ0) is 15.7. The first kappa shape index (κ1) is 16.3. The molecule has 0 bridgehead atoms. The van der Waals surface area contributed by atoms with Crippen LogP contribution in [0, 0.1) is 0 Å². The van der Waals surface area contributed by atoms with Crippen molar-refractivity contribution in [2.75, 3.05) is 0 Å². The summed E-state index contributed by atoms with van der Waals surface area (Å²) in [5, 5.41) is 10.7. The quantitative estimate of drug-likeness (QED) is 0.902. The van der Waals surface area contributed by atoms with E-state index in [1.165, 1.54) is 13.8 Å². The van der Waals surface area contributed by atoms with Gasteiger partial charge in [0.25, 0.3) is 5.91 Å². The van der Waals surface area contributed by atoms with Gasteiger partial charge < -0.3 is 10.4 Å². The molecule has 20 heavy (non-hydrogen) atoms. The number of alkyl halides is 3. The highest BCUT2D eigenvalue weighted by molar-refractivity contribution is 6.31. The van der Waals surface area contributed by atoms with Crippen LogP contribution in [-0.2, 0) is 11.0 Å². The maximum Gasteiger partial charge on any atom is 0.416 e. The first-order valence-corrected chi connectivity index (χ1v) is 5.75. The lowest BCUT2D eigenvalue weighted by Gasteiger charge is -2.21. The molecule has 0 atom stereocenters. The zero-order valence-electron chi connectivity index (χ0n) is 10.5. The Labute approximate surface area is 117 Å². The van der Waals surface area contributed by atoms with E-state index in [0.29, 0.717) is 12.1 Å². The van der Waals surface area contributed by atoms with Gasteiger partial charge in [-0.1, -0.05) is 11.6 Å². The molecule has 0 spiro atoms. The standard InChI is InChI=1S/C12H11ClF3NO3/c1-11(2,10(19)20)17-9(18)6-3-7(12(14,15)16)5-8(13)4-6/h3-5H,1-2H3,(H,17,18)(H,19,20). The Morgan fingerprint density at radius 1 is 1.20 bits per heavy atom. The van der Waals surface area contributed by atoms with Crippen molar-refractivity contribution in [2.45, 2.75) is 25.6 Å².